The number of hydrogen-bond acceptors (Lipinski definition) is 6. The molecule has 0 bridgehead atoms. The van der Waals surface area contributed by atoms with Gasteiger partial charge in [0.2, 0.25) is 5.65 Å². The fourth-order valence-corrected chi connectivity index (χ4v) is 3.38. The van der Waals surface area contributed by atoms with Gasteiger partial charge in [-0.3, -0.25) is 14.0 Å². The number of carbonyl (C=O) groups is 1. The number of unbranched alkanes of at least 4 members (excludes halogenated alkanes) is 1. The van der Waals surface area contributed by atoms with Gasteiger partial charge in [0.15, 0.2) is 5.16 Å². The summed E-state index contributed by atoms with van der Waals surface area (Å²) in [7, 11) is 0. The van der Waals surface area contributed by atoms with Crippen LogP contribution in [0.25, 0.3) is 16.7 Å². The van der Waals surface area contributed by atoms with E-state index in [-0.39, 0.29) is 22.9 Å². The third kappa shape index (κ3) is 3.39. The van der Waals surface area contributed by atoms with Gasteiger partial charge in [0.1, 0.15) is 0 Å². The molecule has 0 N–H and O–H groups in total. The summed E-state index contributed by atoms with van der Waals surface area (Å²) in [5.74, 6) is -0.156. The molecular weight excluding hydrogens is 340 g/mol. The van der Waals surface area contributed by atoms with Crippen LogP contribution in [-0.4, -0.2) is 37.5 Å². The molecule has 1 aromatic carbocycles. The molecule has 25 heavy (non-hydrogen) atoms. The van der Waals surface area contributed by atoms with E-state index in [1.165, 1.54) is 11.8 Å². The quantitative estimate of drug-likeness (QED) is 0.366. The lowest BCUT2D eigenvalue weighted by molar-refractivity contribution is -0.140. The van der Waals surface area contributed by atoms with E-state index in [2.05, 4.69) is 10.2 Å². The zero-order valence-corrected chi connectivity index (χ0v) is 15.1. The lowest BCUT2D eigenvalue weighted by Gasteiger charge is -2.10. The maximum atomic E-state index is 12.6. The molecule has 0 saturated heterocycles. The highest BCUT2D eigenvalue weighted by molar-refractivity contribution is 7.99. The van der Waals surface area contributed by atoms with Crippen molar-refractivity contribution < 1.29 is 9.53 Å². The Bertz CT molecular complexity index is 964. The number of carbonyl (C=O) groups excluding carboxylic acids is 1. The first-order valence-electron chi connectivity index (χ1n) is 8.32. The summed E-state index contributed by atoms with van der Waals surface area (Å²) in [6.07, 6.45) is 1.83. The predicted octanol–water partition coefficient (Wildman–Crippen LogP) is 2.50. The van der Waals surface area contributed by atoms with Gasteiger partial charge in [-0.2, -0.15) is 0 Å². The number of para-hydroxylation sites is 2. The maximum absolute atomic E-state index is 12.6. The van der Waals surface area contributed by atoms with Crippen molar-refractivity contribution in [2.75, 3.05) is 12.4 Å². The van der Waals surface area contributed by atoms with Gasteiger partial charge in [-0.25, -0.2) is 0 Å². The molecule has 0 spiro atoms. The van der Waals surface area contributed by atoms with Crippen molar-refractivity contribution in [3.8, 4) is 0 Å². The lowest BCUT2D eigenvalue weighted by atomic mass is 10.3. The fraction of sp³-hybridized carbons (Fsp3) is 0.412. The summed E-state index contributed by atoms with van der Waals surface area (Å²) < 4.78 is 8.55. The van der Waals surface area contributed by atoms with Crippen LogP contribution in [0.1, 0.15) is 26.7 Å². The summed E-state index contributed by atoms with van der Waals surface area (Å²) >= 11 is 1.23. The minimum Gasteiger partial charge on any atom is -0.465 e. The van der Waals surface area contributed by atoms with Crippen LogP contribution in [0.2, 0.25) is 0 Å². The summed E-state index contributed by atoms with van der Waals surface area (Å²) in [6.45, 7) is 4.94. The molecule has 132 valence electrons. The number of nitrogens with zero attached hydrogens (tertiary/aromatic N) is 4. The average Bonchev–Trinajstić information content (AvgIpc) is 3.05. The van der Waals surface area contributed by atoms with Crippen LogP contribution < -0.4 is 5.56 Å². The van der Waals surface area contributed by atoms with E-state index in [0.717, 1.165) is 23.9 Å². The van der Waals surface area contributed by atoms with Crippen molar-refractivity contribution in [2.24, 2.45) is 0 Å². The Kier molecular flexibility index (Phi) is 5.37. The maximum Gasteiger partial charge on any atom is 0.316 e. The van der Waals surface area contributed by atoms with Crippen LogP contribution in [0.5, 0.6) is 0 Å². The molecule has 8 heteroatoms. The zero-order valence-electron chi connectivity index (χ0n) is 14.3. The Morgan fingerprint density at radius 2 is 1.96 bits per heavy atom. The first-order chi connectivity index (χ1) is 12.2. The van der Waals surface area contributed by atoms with Crippen molar-refractivity contribution in [3.63, 3.8) is 0 Å². The van der Waals surface area contributed by atoms with E-state index in [9.17, 15) is 9.59 Å². The van der Waals surface area contributed by atoms with E-state index >= 15 is 0 Å². The summed E-state index contributed by atoms with van der Waals surface area (Å²) in [4.78, 5) is 24.5. The number of ether oxygens (including phenoxy) is 1. The number of esters is 1. The second kappa shape index (κ2) is 7.69. The van der Waals surface area contributed by atoms with Crippen molar-refractivity contribution in [1.82, 2.24) is 19.2 Å². The first-order valence-corrected chi connectivity index (χ1v) is 9.31. The molecule has 0 atom stereocenters. The standard InChI is InChI=1S/C17H20N4O3S/c1-3-5-10-24-14(22)11-25-17-19-18-15-16(23)20(4-2)12-8-6-7-9-13(12)21(15)17/h6-9H,3-5,10-11H2,1-2H3. The highest BCUT2D eigenvalue weighted by Gasteiger charge is 2.17. The minimum absolute atomic E-state index is 0.135. The minimum atomic E-state index is -0.290. The summed E-state index contributed by atoms with van der Waals surface area (Å²) in [5, 5.41) is 8.65. The molecule has 7 nitrogen and oxygen atoms in total. The van der Waals surface area contributed by atoms with Crippen LogP contribution in [0.3, 0.4) is 0 Å². The third-order valence-electron chi connectivity index (χ3n) is 3.88. The number of aromatic nitrogens is 4. The molecule has 0 radical (unpaired) electrons. The van der Waals surface area contributed by atoms with Gasteiger partial charge in [0, 0.05) is 6.54 Å². The summed E-state index contributed by atoms with van der Waals surface area (Å²) in [6, 6.07) is 7.61. The van der Waals surface area contributed by atoms with E-state index in [1.807, 2.05) is 38.1 Å². The second-order valence-corrected chi connectivity index (χ2v) is 6.48. The van der Waals surface area contributed by atoms with Gasteiger partial charge in [-0.05, 0) is 25.5 Å². The smallest absolute Gasteiger partial charge is 0.316 e. The van der Waals surface area contributed by atoms with Gasteiger partial charge < -0.3 is 9.30 Å². The van der Waals surface area contributed by atoms with Gasteiger partial charge in [-0.1, -0.05) is 37.2 Å². The predicted molar refractivity (Wildman–Crippen MR) is 97.0 cm³/mol. The lowest BCUT2D eigenvalue weighted by Crippen LogP contribution is -2.22. The van der Waals surface area contributed by atoms with E-state index in [1.54, 1.807) is 8.97 Å². The van der Waals surface area contributed by atoms with Crippen molar-refractivity contribution in [1.29, 1.82) is 0 Å². The zero-order chi connectivity index (χ0) is 17.8. The van der Waals surface area contributed by atoms with Crippen molar-refractivity contribution in [2.45, 2.75) is 38.4 Å². The largest absolute Gasteiger partial charge is 0.465 e. The van der Waals surface area contributed by atoms with Gasteiger partial charge in [0.25, 0.3) is 5.56 Å². The average molecular weight is 360 g/mol. The van der Waals surface area contributed by atoms with Crippen LogP contribution in [-0.2, 0) is 16.1 Å². The molecule has 0 aliphatic heterocycles. The molecule has 0 aliphatic rings. The fourth-order valence-electron chi connectivity index (χ4n) is 2.64. The molecule has 0 aliphatic carbocycles. The van der Waals surface area contributed by atoms with E-state index in [0.29, 0.717) is 18.3 Å². The molecule has 0 saturated carbocycles. The summed E-state index contributed by atoms with van der Waals surface area (Å²) in [5.41, 5.74) is 1.73. The highest BCUT2D eigenvalue weighted by atomic mass is 32.2. The van der Waals surface area contributed by atoms with Gasteiger partial charge >= 0.3 is 5.97 Å². The third-order valence-corrected chi connectivity index (χ3v) is 4.78. The topological polar surface area (TPSA) is 78.5 Å². The van der Waals surface area contributed by atoms with Gasteiger partial charge in [0.05, 0.1) is 23.4 Å². The van der Waals surface area contributed by atoms with Crippen molar-refractivity contribution >= 4 is 34.4 Å². The Hall–Kier alpha value is -2.35. The van der Waals surface area contributed by atoms with Crippen LogP contribution in [0.15, 0.2) is 34.2 Å². The van der Waals surface area contributed by atoms with Crippen LogP contribution in [0, 0.1) is 0 Å². The number of fused-ring (bicyclic) bond motifs is 3. The van der Waals surface area contributed by atoms with Crippen LogP contribution in [0.4, 0.5) is 0 Å². The Morgan fingerprint density at radius 1 is 1.20 bits per heavy atom. The van der Waals surface area contributed by atoms with E-state index < -0.39 is 0 Å². The molecule has 2 aromatic heterocycles. The SMILES string of the molecule is CCCCOC(=O)CSc1nnc2c(=O)n(CC)c3ccccc3n12. The van der Waals surface area contributed by atoms with Gasteiger partial charge in [-0.15, -0.1) is 10.2 Å². The number of rotatable bonds is 7. The highest BCUT2D eigenvalue weighted by Crippen LogP contribution is 2.21. The monoisotopic (exact) mass is 360 g/mol. The normalized spacial score (nSPS) is 11.3. The van der Waals surface area contributed by atoms with E-state index in [4.69, 9.17) is 4.74 Å². The molecule has 3 rings (SSSR count). The first kappa shape index (κ1) is 17.5. The molecule has 3 aromatic rings. The molecule has 0 unspecified atom stereocenters. The van der Waals surface area contributed by atoms with Crippen molar-refractivity contribution in [3.05, 3.63) is 34.6 Å². The molecule has 0 amide bonds. The number of benzene rings is 1. The number of aryl methyl sites for hydroxylation is 1. The molecule has 2 heterocycles. The second-order valence-electron chi connectivity index (χ2n) is 5.54. The number of hydrogen-bond donors (Lipinski definition) is 0. The Balaban J connectivity index is 1.96. The Labute approximate surface area is 149 Å². The molecular formula is C17H20N4O3S. The molecule has 0 fully saturated rings. The van der Waals surface area contributed by atoms with Crippen LogP contribution >= 0.6 is 11.8 Å². The number of thioether (sulfide) groups is 1. The Morgan fingerprint density at radius 3 is 2.68 bits per heavy atom.